The molecule has 1 amide bonds. The molecule has 1 aliphatic rings. The Bertz CT molecular complexity index is 160. The molecule has 1 rings (SSSR count). The Morgan fingerprint density at radius 3 is 2.25 bits per heavy atom. The molecule has 2 unspecified atom stereocenters. The third kappa shape index (κ3) is 2.21. The molecule has 3 nitrogen and oxygen atoms in total. The molecule has 0 aromatic carbocycles. The largest absolute Gasteiger partial charge is 0.353 e. The summed E-state index contributed by atoms with van der Waals surface area (Å²) in [6.45, 7) is 7.94. The monoisotopic (exact) mass is 170 g/mol. The molecule has 3 heteroatoms. The lowest BCUT2D eigenvalue weighted by molar-refractivity contribution is -0.120. The molecule has 0 aromatic rings. The zero-order chi connectivity index (χ0) is 9.14. The van der Waals surface area contributed by atoms with Gasteiger partial charge in [0.05, 0.1) is 0 Å². The second-order valence-electron chi connectivity index (χ2n) is 3.84. The Balaban J connectivity index is 2.50. The van der Waals surface area contributed by atoms with Crippen LogP contribution in [0.15, 0.2) is 0 Å². The fraction of sp³-hybridized carbons (Fsp3) is 0.889. The second-order valence-corrected chi connectivity index (χ2v) is 3.84. The van der Waals surface area contributed by atoms with Crippen LogP contribution < -0.4 is 10.6 Å². The summed E-state index contributed by atoms with van der Waals surface area (Å²) in [6, 6.07) is 0.351. The van der Waals surface area contributed by atoms with Crippen LogP contribution in [0.5, 0.6) is 0 Å². The zero-order valence-electron chi connectivity index (χ0n) is 8.05. The van der Waals surface area contributed by atoms with Crippen LogP contribution in [0.1, 0.15) is 20.8 Å². The van der Waals surface area contributed by atoms with Crippen molar-refractivity contribution in [3.63, 3.8) is 0 Å². The van der Waals surface area contributed by atoms with E-state index in [0.29, 0.717) is 17.9 Å². The van der Waals surface area contributed by atoms with Gasteiger partial charge >= 0.3 is 0 Å². The third-order valence-electron chi connectivity index (χ3n) is 2.53. The maximum atomic E-state index is 10.9. The highest BCUT2D eigenvalue weighted by Crippen LogP contribution is 2.15. The van der Waals surface area contributed by atoms with Crippen LogP contribution >= 0.6 is 0 Å². The van der Waals surface area contributed by atoms with Crippen LogP contribution in [-0.4, -0.2) is 25.0 Å². The van der Waals surface area contributed by atoms with Crippen molar-refractivity contribution < 1.29 is 4.79 Å². The molecule has 1 heterocycles. The van der Waals surface area contributed by atoms with E-state index in [4.69, 9.17) is 0 Å². The van der Waals surface area contributed by atoms with Gasteiger partial charge in [-0.05, 0) is 24.9 Å². The first-order chi connectivity index (χ1) is 5.61. The van der Waals surface area contributed by atoms with Gasteiger partial charge in [0.2, 0.25) is 5.91 Å². The fourth-order valence-electron chi connectivity index (χ4n) is 1.87. The lowest BCUT2D eigenvalue weighted by atomic mass is 9.87. The first-order valence-electron chi connectivity index (χ1n) is 4.59. The summed E-state index contributed by atoms with van der Waals surface area (Å²) < 4.78 is 0. The van der Waals surface area contributed by atoms with Gasteiger partial charge in [-0.15, -0.1) is 0 Å². The fourth-order valence-corrected chi connectivity index (χ4v) is 1.87. The minimum atomic E-state index is 0.0839. The topological polar surface area (TPSA) is 41.1 Å². The van der Waals surface area contributed by atoms with Crippen molar-refractivity contribution in [2.24, 2.45) is 11.8 Å². The minimum absolute atomic E-state index is 0.0839. The predicted molar refractivity (Wildman–Crippen MR) is 48.8 cm³/mol. The van der Waals surface area contributed by atoms with Gasteiger partial charge < -0.3 is 10.6 Å². The molecule has 0 aliphatic carbocycles. The number of amides is 1. The van der Waals surface area contributed by atoms with E-state index >= 15 is 0 Å². The van der Waals surface area contributed by atoms with Crippen molar-refractivity contribution in [1.29, 1.82) is 0 Å². The molecular formula is C9H18N2O. The molecule has 12 heavy (non-hydrogen) atoms. The number of rotatable bonds is 1. The Kier molecular flexibility index (Phi) is 3.09. The summed E-state index contributed by atoms with van der Waals surface area (Å²) in [7, 11) is 0. The molecule has 2 atom stereocenters. The molecule has 0 bridgehead atoms. The van der Waals surface area contributed by atoms with Crippen molar-refractivity contribution in [1.82, 2.24) is 10.6 Å². The lowest BCUT2D eigenvalue weighted by Crippen LogP contribution is -2.53. The number of nitrogens with one attached hydrogen (secondary N) is 2. The molecule has 0 aromatic heterocycles. The summed E-state index contributed by atoms with van der Waals surface area (Å²) in [4.78, 5) is 10.9. The molecule has 0 saturated carbocycles. The molecular weight excluding hydrogens is 152 g/mol. The van der Waals surface area contributed by atoms with E-state index in [9.17, 15) is 4.79 Å². The standard InChI is InChI=1S/C9H18N2O/c1-6-4-10-5-7(2)9(6)11-8(3)12/h6-7,9-10H,4-5H2,1-3H3,(H,11,12). The van der Waals surface area contributed by atoms with Gasteiger partial charge in [-0.25, -0.2) is 0 Å². The minimum Gasteiger partial charge on any atom is -0.353 e. The Labute approximate surface area is 73.9 Å². The average molecular weight is 170 g/mol. The summed E-state index contributed by atoms with van der Waals surface area (Å²) >= 11 is 0. The first kappa shape index (κ1) is 9.52. The summed E-state index contributed by atoms with van der Waals surface area (Å²) in [5.74, 6) is 1.16. The van der Waals surface area contributed by atoms with Gasteiger partial charge in [0, 0.05) is 13.0 Å². The van der Waals surface area contributed by atoms with E-state index in [2.05, 4.69) is 24.5 Å². The highest BCUT2D eigenvalue weighted by molar-refractivity contribution is 5.73. The maximum Gasteiger partial charge on any atom is 0.217 e. The number of hydrogen-bond donors (Lipinski definition) is 2. The van der Waals surface area contributed by atoms with Crippen LogP contribution in [0.3, 0.4) is 0 Å². The van der Waals surface area contributed by atoms with E-state index in [1.54, 1.807) is 6.92 Å². The highest BCUT2D eigenvalue weighted by atomic mass is 16.1. The maximum absolute atomic E-state index is 10.9. The Morgan fingerprint density at radius 1 is 1.33 bits per heavy atom. The third-order valence-corrected chi connectivity index (χ3v) is 2.53. The van der Waals surface area contributed by atoms with E-state index in [0.717, 1.165) is 13.1 Å². The summed E-state index contributed by atoms with van der Waals surface area (Å²) in [5.41, 5.74) is 0. The predicted octanol–water partition coefficient (Wildman–Crippen LogP) is 0.366. The van der Waals surface area contributed by atoms with E-state index in [-0.39, 0.29) is 5.91 Å². The van der Waals surface area contributed by atoms with Gasteiger partial charge in [0.15, 0.2) is 0 Å². The van der Waals surface area contributed by atoms with Crippen LogP contribution in [0.2, 0.25) is 0 Å². The lowest BCUT2D eigenvalue weighted by Gasteiger charge is -2.35. The molecule has 1 fully saturated rings. The van der Waals surface area contributed by atoms with Gasteiger partial charge in [-0.3, -0.25) is 4.79 Å². The van der Waals surface area contributed by atoms with Crippen molar-refractivity contribution in [3.05, 3.63) is 0 Å². The molecule has 1 saturated heterocycles. The van der Waals surface area contributed by atoms with Crippen LogP contribution in [-0.2, 0) is 4.79 Å². The zero-order valence-corrected chi connectivity index (χ0v) is 8.05. The van der Waals surface area contributed by atoms with Gasteiger partial charge in [0.1, 0.15) is 0 Å². The van der Waals surface area contributed by atoms with Crippen LogP contribution in [0.4, 0.5) is 0 Å². The average Bonchev–Trinajstić information content (AvgIpc) is 1.97. The second kappa shape index (κ2) is 3.90. The van der Waals surface area contributed by atoms with Crippen LogP contribution in [0, 0.1) is 11.8 Å². The summed E-state index contributed by atoms with van der Waals surface area (Å²) in [5, 5.41) is 6.34. The highest BCUT2D eigenvalue weighted by Gasteiger charge is 2.27. The van der Waals surface area contributed by atoms with Gasteiger partial charge in [-0.1, -0.05) is 13.8 Å². The number of piperidine rings is 1. The summed E-state index contributed by atoms with van der Waals surface area (Å²) in [6.07, 6.45) is 0. The Morgan fingerprint density at radius 2 is 1.83 bits per heavy atom. The van der Waals surface area contributed by atoms with Gasteiger partial charge in [0.25, 0.3) is 0 Å². The SMILES string of the molecule is CC(=O)NC1C(C)CNCC1C. The molecule has 70 valence electrons. The molecule has 1 aliphatic heterocycles. The van der Waals surface area contributed by atoms with E-state index < -0.39 is 0 Å². The van der Waals surface area contributed by atoms with E-state index in [1.165, 1.54) is 0 Å². The number of hydrogen-bond acceptors (Lipinski definition) is 2. The normalized spacial score (nSPS) is 36.1. The van der Waals surface area contributed by atoms with Crippen molar-refractivity contribution in [2.75, 3.05) is 13.1 Å². The number of carbonyl (C=O) groups excluding carboxylic acids is 1. The van der Waals surface area contributed by atoms with Crippen molar-refractivity contribution >= 4 is 5.91 Å². The molecule has 0 radical (unpaired) electrons. The van der Waals surface area contributed by atoms with Gasteiger partial charge in [-0.2, -0.15) is 0 Å². The smallest absolute Gasteiger partial charge is 0.217 e. The molecule has 0 spiro atoms. The first-order valence-corrected chi connectivity index (χ1v) is 4.59. The quantitative estimate of drug-likeness (QED) is 0.597. The number of carbonyl (C=O) groups is 1. The Hall–Kier alpha value is -0.570. The van der Waals surface area contributed by atoms with Crippen LogP contribution in [0.25, 0.3) is 0 Å². The van der Waals surface area contributed by atoms with E-state index in [1.807, 2.05) is 0 Å². The molecule has 2 N–H and O–H groups in total. The van der Waals surface area contributed by atoms with Crippen molar-refractivity contribution in [3.8, 4) is 0 Å². The van der Waals surface area contributed by atoms with Crippen molar-refractivity contribution in [2.45, 2.75) is 26.8 Å².